The molecular weight excluding hydrogens is 292 g/mol. The summed E-state index contributed by atoms with van der Waals surface area (Å²) in [5.74, 6) is 0.775. The van der Waals surface area contributed by atoms with Crippen molar-refractivity contribution in [2.45, 2.75) is 19.4 Å². The summed E-state index contributed by atoms with van der Waals surface area (Å²) < 4.78 is 6.36. The molecule has 0 bridgehead atoms. The number of hydrogen-bond acceptors (Lipinski definition) is 3. The number of halogens is 1. The van der Waals surface area contributed by atoms with E-state index in [2.05, 4.69) is 33.9 Å². The first-order valence-electron chi connectivity index (χ1n) is 6.45. The third-order valence-corrected chi connectivity index (χ3v) is 4.15. The van der Waals surface area contributed by atoms with Gasteiger partial charge in [0, 0.05) is 36.5 Å². The number of nitrogens with two attached hydrogens (primary N) is 1. The van der Waals surface area contributed by atoms with Gasteiger partial charge in [-0.1, -0.05) is 6.07 Å². The average molecular weight is 313 g/mol. The van der Waals surface area contributed by atoms with E-state index in [-0.39, 0.29) is 0 Å². The van der Waals surface area contributed by atoms with Crippen LogP contribution in [0, 0.1) is 5.92 Å². The molecular formula is C14H21BrN2O. The minimum Gasteiger partial charge on any atom is -0.398 e. The zero-order valence-corrected chi connectivity index (χ0v) is 12.4. The molecule has 1 fully saturated rings. The van der Waals surface area contributed by atoms with Crippen LogP contribution in [0.1, 0.15) is 18.4 Å². The molecule has 0 aromatic heterocycles. The fourth-order valence-corrected chi connectivity index (χ4v) is 2.68. The molecule has 1 aliphatic heterocycles. The molecule has 1 heterocycles. The van der Waals surface area contributed by atoms with Crippen LogP contribution >= 0.6 is 15.9 Å². The highest BCUT2D eigenvalue weighted by Crippen LogP contribution is 2.22. The first-order valence-corrected chi connectivity index (χ1v) is 7.24. The monoisotopic (exact) mass is 312 g/mol. The van der Waals surface area contributed by atoms with E-state index in [0.717, 1.165) is 42.4 Å². The average Bonchev–Trinajstić information content (AvgIpc) is 2.35. The molecule has 4 heteroatoms. The van der Waals surface area contributed by atoms with Gasteiger partial charge in [-0.3, -0.25) is 0 Å². The maximum Gasteiger partial charge on any atom is 0.0469 e. The molecule has 100 valence electrons. The number of nitrogen functional groups attached to an aromatic ring is 1. The van der Waals surface area contributed by atoms with Gasteiger partial charge in [0.15, 0.2) is 0 Å². The first kappa shape index (κ1) is 13.8. The minimum atomic E-state index is 0.775. The van der Waals surface area contributed by atoms with Crippen molar-refractivity contribution < 1.29 is 4.74 Å². The van der Waals surface area contributed by atoms with Gasteiger partial charge < -0.3 is 15.4 Å². The van der Waals surface area contributed by atoms with Crippen molar-refractivity contribution in [1.29, 1.82) is 0 Å². The van der Waals surface area contributed by atoms with Crippen LogP contribution in [0.25, 0.3) is 0 Å². The Morgan fingerprint density at radius 3 is 2.78 bits per heavy atom. The molecule has 18 heavy (non-hydrogen) atoms. The van der Waals surface area contributed by atoms with Crippen LogP contribution in [0.2, 0.25) is 0 Å². The van der Waals surface area contributed by atoms with Crippen molar-refractivity contribution in [3.8, 4) is 0 Å². The molecule has 1 saturated heterocycles. The van der Waals surface area contributed by atoms with Gasteiger partial charge in [-0.25, -0.2) is 0 Å². The Hall–Kier alpha value is -0.580. The number of ether oxygens (including phenoxy) is 1. The Labute approximate surface area is 117 Å². The first-order chi connectivity index (χ1) is 8.65. The summed E-state index contributed by atoms with van der Waals surface area (Å²) in [6.07, 6.45) is 2.37. The van der Waals surface area contributed by atoms with Gasteiger partial charge in [-0.05, 0) is 59.4 Å². The second kappa shape index (κ2) is 6.55. The molecule has 0 radical (unpaired) electrons. The lowest BCUT2D eigenvalue weighted by atomic mass is 10.00. The number of hydrogen-bond donors (Lipinski definition) is 1. The predicted molar refractivity (Wildman–Crippen MR) is 78.4 cm³/mol. The Bertz CT molecular complexity index is 391. The van der Waals surface area contributed by atoms with E-state index in [1.165, 1.54) is 18.4 Å². The lowest BCUT2D eigenvalue weighted by Crippen LogP contribution is -2.29. The summed E-state index contributed by atoms with van der Waals surface area (Å²) in [4.78, 5) is 2.37. The van der Waals surface area contributed by atoms with Crippen molar-refractivity contribution in [1.82, 2.24) is 4.90 Å². The van der Waals surface area contributed by atoms with E-state index in [1.54, 1.807) is 0 Å². The maximum atomic E-state index is 5.90. The van der Waals surface area contributed by atoms with Crippen molar-refractivity contribution in [3.05, 3.63) is 28.2 Å². The summed E-state index contributed by atoms with van der Waals surface area (Å²) in [6.45, 7) is 3.93. The quantitative estimate of drug-likeness (QED) is 0.869. The molecule has 0 amide bonds. The fourth-order valence-electron chi connectivity index (χ4n) is 2.44. The molecule has 0 aliphatic carbocycles. The van der Waals surface area contributed by atoms with Gasteiger partial charge >= 0.3 is 0 Å². The van der Waals surface area contributed by atoms with E-state index < -0.39 is 0 Å². The van der Waals surface area contributed by atoms with Crippen LogP contribution in [0.3, 0.4) is 0 Å². The second-order valence-corrected chi connectivity index (χ2v) is 5.96. The van der Waals surface area contributed by atoms with Crippen LogP contribution in [0.5, 0.6) is 0 Å². The largest absolute Gasteiger partial charge is 0.398 e. The van der Waals surface area contributed by atoms with E-state index in [9.17, 15) is 0 Å². The summed E-state index contributed by atoms with van der Waals surface area (Å²) in [7, 11) is 2.17. The highest BCUT2D eigenvalue weighted by atomic mass is 79.9. The lowest BCUT2D eigenvalue weighted by Gasteiger charge is -2.27. The van der Waals surface area contributed by atoms with Gasteiger partial charge in [0.1, 0.15) is 0 Å². The molecule has 2 rings (SSSR count). The van der Waals surface area contributed by atoms with E-state index in [1.807, 2.05) is 12.1 Å². The van der Waals surface area contributed by atoms with Crippen LogP contribution in [0.4, 0.5) is 5.69 Å². The summed E-state index contributed by atoms with van der Waals surface area (Å²) in [6, 6.07) is 6.19. The predicted octanol–water partition coefficient (Wildman–Crippen LogP) is 2.89. The molecule has 3 nitrogen and oxygen atoms in total. The minimum absolute atomic E-state index is 0.775. The Morgan fingerprint density at radius 1 is 1.39 bits per heavy atom. The molecule has 1 aliphatic rings. The third-order valence-electron chi connectivity index (χ3n) is 3.42. The van der Waals surface area contributed by atoms with Crippen LogP contribution in [-0.4, -0.2) is 31.7 Å². The SMILES string of the molecule is CN(Cc1ccc(Br)c(N)c1)CC1CCOCC1. The van der Waals surface area contributed by atoms with Gasteiger partial charge in [0.2, 0.25) is 0 Å². The zero-order valence-electron chi connectivity index (χ0n) is 10.9. The number of nitrogens with zero attached hydrogens (tertiary/aromatic N) is 1. The van der Waals surface area contributed by atoms with Crippen LogP contribution < -0.4 is 5.73 Å². The van der Waals surface area contributed by atoms with E-state index >= 15 is 0 Å². The van der Waals surface area contributed by atoms with Gasteiger partial charge in [0.25, 0.3) is 0 Å². The zero-order chi connectivity index (χ0) is 13.0. The molecule has 0 saturated carbocycles. The summed E-state index contributed by atoms with van der Waals surface area (Å²) in [5, 5.41) is 0. The number of rotatable bonds is 4. The Balaban J connectivity index is 1.85. The topological polar surface area (TPSA) is 38.5 Å². The van der Waals surface area contributed by atoms with Gasteiger partial charge in [0.05, 0.1) is 0 Å². The Morgan fingerprint density at radius 2 is 2.11 bits per heavy atom. The van der Waals surface area contributed by atoms with Gasteiger partial charge in [-0.15, -0.1) is 0 Å². The molecule has 0 unspecified atom stereocenters. The smallest absolute Gasteiger partial charge is 0.0469 e. The highest BCUT2D eigenvalue weighted by molar-refractivity contribution is 9.10. The summed E-state index contributed by atoms with van der Waals surface area (Å²) in [5.41, 5.74) is 7.98. The van der Waals surface area contributed by atoms with Crippen molar-refractivity contribution >= 4 is 21.6 Å². The normalized spacial score (nSPS) is 17.3. The highest BCUT2D eigenvalue weighted by Gasteiger charge is 2.15. The van der Waals surface area contributed by atoms with Crippen molar-refractivity contribution in [3.63, 3.8) is 0 Å². The van der Waals surface area contributed by atoms with Crippen molar-refractivity contribution in [2.75, 3.05) is 32.5 Å². The molecule has 0 atom stereocenters. The molecule has 2 N–H and O–H groups in total. The fraction of sp³-hybridized carbons (Fsp3) is 0.571. The van der Waals surface area contributed by atoms with E-state index in [4.69, 9.17) is 10.5 Å². The second-order valence-electron chi connectivity index (χ2n) is 5.11. The lowest BCUT2D eigenvalue weighted by molar-refractivity contribution is 0.0549. The standard InChI is InChI=1S/C14H21BrN2O/c1-17(9-11-4-6-18-7-5-11)10-12-2-3-13(15)14(16)8-12/h2-3,8,11H,4-7,9-10,16H2,1H3. The number of anilines is 1. The van der Waals surface area contributed by atoms with Crippen LogP contribution in [-0.2, 0) is 11.3 Å². The van der Waals surface area contributed by atoms with Crippen LogP contribution in [0.15, 0.2) is 22.7 Å². The molecule has 0 spiro atoms. The van der Waals surface area contributed by atoms with E-state index in [0.29, 0.717) is 0 Å². The maximum absolute atomic E-state index is 5.90. The van der Waals surface area contributed by atoms with Gasteiger partial charge in [-0.2, -0.15) is 0 Å². The summed E-state index contributed by atoms with van der Waals surface area (Å²) >= 11 is 3.42. The Kier molecular flexibility index (Phi) is 5.03. The van der Waals surface area contributed by atoms with Crippen molar-refractivity contribution in [2.24, 2.45) is 5.92 Å². The molecule has 1 aromatic rings. The number of benzene rings is 1. The third kappa shape index (κ3) is 3.97. The molecule has 1 aromatic carbocycles.